The second-order valence-corrected chi connectivity index (χ2v) is 1.95. The second-order valence-electron chi connectivity index (χ2n) is 1.95. The van der Waals surface area contributed by atoms with Crippen LogP contribution in [0.2, 0.25) is 0 Å². The van der Waals surface area contributed by atoms with Crippen LogP contribution in [0.1, 0.15) is 5.69 Å². The van der Waals surface area contributed by atoms with E-state index in [0.29, 0.717) is 6.54 Å². The first kappa shape index (κ1) is 4.73. The molecule has 2 heterocycles. The van der Waals surface area contributed by atoms with Gasteiger partial charge in [-0.25, -0.2) is 0 Å². The summed E-state index contributed by atoms with van der Waals surface area (Å²) in [5.41, 5.74) is 1.17. The molecule has 0 aromatic carbocycles. The highest BCUT2D eigenvalue weighted by Gasteiger charge is 2.02. The lowest BCUT2D eigenvalue weighted by Crippen LogP contribution is -2.09. The van der Waals surface area contributed by atoms with Crippen LogP contribution in [-0.4, -0.2) is 16.0 Å². The van der Waals surface area contributed by atoms with Crippen LogP contribution in [0.5, 0.6) is 0 Å². The maximum atomic E-state index is 4.05. The molecule has 0 N–H and O–H groups in total. The quantitative estimate of drug-likeness (QED) is 0.485. The fourth-order valence-electron chi connectivity index (χ4n) is 0.891. The van der Waals surface area contributed by atoms with Gasteiger partial charge < -0.3 is 0 Å². The fraction of sp³-hybridized carbons (Fsp3) is 0.333. The Labute approximate surface area is 53.0 Å². The lowest BCUT2D eigenvalue weighted by molar-refractivity contribution is 0.662. The van der Waals surface area contributed by atoms with Gasteiger partial charge in [-0.2, -0.15) is 5.10 Å². The van der Waals surface area contributed by atoms with E-state index >= 15 is 0 Å². The minimum absolute atomic E-state index is 0.711. The first-order chi connectivity index (χ1) is 4.47. The van der Waals surface area contributed by atoms with Gasteiger partial charge in [-0.15, -0.1) is 0 Å². The summed E-state index contributed by atoms with van der Waals surface area (Å²) in [4.78, 5) is 3.98. The molecule has 1 aromatic rings. The Bertz CT molecular complexity index is 214. The molecule has 1 radical (unpaired) electrons. The minimum atomic E-state index is 0.711. The summed E-state index contributed by atoms with van der Waals surface area (Å²) in [6, 6.07) is 1.98. The lowest BCUT2D eigenvalue weighted by atomic mass is 10.4. The van der Waals surface area contributed by atoms with Gasteiger partial charge in [-0.3, -0.25) is 9.67 Å². The van der Waals surface area contributed by atoms with Crippen molar-refractivity contribution in [1.29, 1.82) is 0 Å². The van der Waals surface area contributed by atoms with Gasteiger partial charge in [-0.1, -0.05) is 0 Å². The van der Waals surface area contributed by atoms with Crippen molar-refractivity contribution in [3.05, 3.63) is 18.0 Å². The van der Waals surface area contributed by atoms with Crippen LogP contribution in [0.4, 0.5) is 0 Å². The first-order valence-corrected chi connectivity index (χ1v) is 2.87. The van der Waals surface area contributed by atoms with Crippen molar-refractivity contribution in [2.24, 2.45) is 4.99 Å². The molecule has 0 spiro atoms. The van der Waals surface area contributed by atoms with Crippen LogP contribution in [0.15, 0.2) is 17.3 Å². The number of fused-ring (bicyclic) bond motifs is 1. The van der Waals surface area contributed by atoms with Crippen LogP contribution < -0.4 is 0 Å². The molecule has 45 valence electrons. The Hall–Kier alpha value is -1.12. The molecule has 0 aliphatic carbocycles. The molecule has 0 saturated heterocycles. The minimum Gasteiger partial charge on any atom is -0.279 e. The smallest absolute Gasteiger partial charge is 0.0850 e. The summed E-state index contributed by atoms with van der Waals surface area (Å²) < 4.78 is 1.90. The van der Waals surface area contributed by atoms with Crippen LogP contribution in [0.3, 0.4) is 0 Å². The maximum absolute atomic E-state index is 4.05. The van der Waals surface area contributed by atoms with Gasteiger partial charge in [0.25, 0.3) is 0 Å². The molecule has 9 heavy (non-hydrogen) atoms. The monoisotopic (exact) mass is 120 g/mol. The molecular weight excluding hydrogens is 114 g/mol. The Balaban J connectivity index is 2.46. The molecule has 0 unspecified atom stereocenters. The SMILES string of the molecule is [C]1=NCc2ccnn2C1. The molecule has 0 bridgehead atoms. The van der Waals surface area contributed by atoms with Crippen molar-refractivity contribution < 1.29 is 0 Å². The number of hydrogen-bond donors (Lipinski definition) is 0. The zero-order valence-corrected chi connectivity index (χ0v) is 4.91. The van der Waals surface area contributed by atoms with E-state index in [2.05, 4.69) is 16.3 Å². The average Bonchev–Trinajstić information content (AvgIpc) is 2.33. The highest BCUT2D eigenvalue weighted by atomic mass is 15.3. The predicted molar refractivity (Wildman–Crippen MR) is 33.4 cm³/mol. The number of hydrogen-bond acceptors (Lipinski definition) is 2. The largest absolute Gasteiger partial charge is 0.279 e. The molecule has 1 aromatic heterocycles. The summed E-state index contributed by atoms with van der Waals surface area (Å²) in [5, 5.41) is 4.05. The third-order valence-corrected chi connectivity index (χ3v) is 1.38. The van der Waals surface area contributed by atoms with Crippen molar-refractivity contribution in [1.82, 2.24) is 9.78 Å². The molecule has 2 rings (SSSR count). The zero-order chi connectivity index (χ0) is 6.10. The average molecular weight is 120 g/mol. The molecule has 1 aliphatic heterocycles. The van der Waals surface area contributed by atoms with Gasteiger partial charge in [0.05, 0.1) is 25.0 Å². The molecule has 0 amide bonds. The summed E-state index contributed by atoms with van der Waals surface area (Å²) >= 11 is 0. The van der Waals surface area contributed by atoms with Crippen molar-refractivity contribution in [2.75, 3.05) is 0 Å². The number of aliphatic imine (C=N–C) groups is 1. The number of rotatable bonds is 0. The molecule has 3 heteroatoms. The van der Waals surface area contributed by atoms with E-state index in [1.54, 1.807) is 6.20 Å². The lowest BCUT2D eigenvalue weighted by Gasteiger charge is -2.04. The molecule has 0 saturated carbocycles. The number of aromatic nitrogens is 2. The van der Waals surface area contributed by atoms with E-state index in [-0.39, 0.29) is 0 Å². The molecular formula is C6H6N3. The second kappa shape index (κ2) is 1.69. The van der Waals surface area contributed by atoms with Crippen LogP contribution in [0.25, 0.3) is 0 Å². The van der Waals surface area contributed by atoms with Gasteiger partial charge in [0.15, 0.2) is 0 Å². The Morgan fingerprint density at radius 2 is 2.67 bits per heavy atom. The van der Waals surface area contributed by atoms with Gasteiger partial charge in [0, 0.05) is 6.20 Å². The summed E-state index contributed by atoms with van der Waals surface area (Å²) in [7, 11) is 0. The summed E-state index contributed by atoms with van der Waals surface area (Å²) in [6.07, 6.45) is 4.64. The summed E-state index contributed by atoms with van der Waals surface area (Å²) in [6.45, 7) is 1.45. The molecule has 1 aliphatic rings. The Kier molecular flexibility index (Phi) is 0.886. The molecule has 3 nitrogen and oxygen atoms in total. The fourth-order valence-corrected chi connectivity index (χ4v) is 0.891. The van der Waals surface area contributed by atoms with E-state index in [0.717, 1.165) is 6.54 Å². The first-order valence-electron chi connectivity index (χ1n) is 2.87. The standard InChI is InChI=1S/C6H6N3/c1-2-8-9-4-3-7-5-6(1)9/h1-2H,4-5H2. The topological polar surface area (TPSA) is 30.2 Å². The van der Waals surface area contributed by atoms with Gasteiger partial charge >= 0.3 is 0 Å². The van der Waals surface area contributed by atoms with Crippen molar-refractivity contribution in [3.63, 3.8) is 0 Å². The van der Waals surface area contributed by atoms with Crippen LogP contribution >= 0.6 is 0 Å². The Morgan fingerprint density at radius 3 is 3.56 bits per heavy atom. The molecule has 0 atom stereocenters. The highest BCUT2D eigenvalue weighted by molar-refractivity contribution is 5.58. The van der Waals surface area contributed by atoms with Crippen molar-refractivity contribution >= 4 is 6.21 Å². The predicted octanol–water partition coefficient (Wildman–Crippen LogP) is 0.344. The van der Waals surface area contributed by atoms with E-state index in [4.69, 9.17) is 0 Å². The highest BCUT2D eigenvalue weighted by Crippen LogP contribution is 2.02. The van der Waals surface area contributed by atoms with Crippen LogP contribution in [-0.2, 0) is 13.1 Å². The van der Waals surface area contributed by atoms with E-state index in [9.17, 15) is 0 Å². The normalized spacial score (nSPS) is 15.6. The van der Waals surface area contributed by atoms with E-state index in [1.807, 2.05) is 10.7 Å². The van der Waals surface area contributed by atoms with Crippen molar-refractivity contribution in [3.8, 4) is 0 Å². The van der Waals surface area contributed by atoms with Gasteiger partial charge in [0.2, 0.25) is 0 Å². The Morgan fingerprint density at radius 1 is 1.67 bits per heavy atom. The van der Waals surface area contributed by atoms with E-state index < -0.39 is 0 Å². The van der Waals surface area contributed by atoms with Gasteiger partial charge in [-0.05, 0) is 6.07 Å². The van der Waals surface area contributed by atoms with Crippen molar-refractivity contribution in [2.45, 2.75) is 13.1 Å². The van der Waals surface area contributed by atoms with E-state index in [1.165, 1.54) is 5.69 Å². The zero-order valence-electron chi connectivity index (χ0n) is 4.91. The third kappa shape index (κ3) is 0.650. The summed E-state index contributed by atoms with van der Waals surface area (Å²) in [5.74, 6) is 0. The number of nitrogens with zero attached hydrogens (tertiary/aromatic N) is 3. The maximum Gasteiger partial charge on any atom is 0.0850 e. The van der Waals surface area contributed by atoms with Crippen LogP contribution in [0, 0.1) is 0 Å². The third-order valence-electron chi connectivity index (χ3n) is 1.38. The van der Waals surface area contributed by atoms with Gasteiger partial charge in [0.1, 0.15) is 0 Å². The molecule has 0 fully saturated rings.